The van der Waals surface area contributed by atoms with Gasteiger partial charge in [-0.2, -0.15) is 0 Å². The Balaban J connectivity index is 2.71. The summed E-state index contributed by atoms with van der Waals surface area (Å²) in [5.74, 6) is 0.821. The van der Waals surface area contributed by atoms with Crippen molar-refractivity contribution < 1.29 is 13.2 Å². The number of ether oxygens (including phenoxy) is 1. The predicted molar refractivity (Wildman–Crippen MR) is 79.2 cm³/mol. The lowest BCUT2D eigenvalue weighted by Crippen LogP contribution is -2.48. The van der Waals surface area contributed by atoms with Crippen LogP contribution in [0.5, 0.6) is 0 Å². The van der Waals surface area contributed by atoms with Gasteiger partial charge in [-0.15, -0.1) is 0 Å². The minimum Gasteiger partial charge on any atom is -0.385 e. The van der Waals surface area contributed by atoms with Gasteiger partial charge in [0.05, 0.1) is 11.0 Å². The van der Waals surface area contributed by atoms with Crippen molar-refractivity contribution in [1.82, 2.24) is 5.32 Å². The molecule has 0 amide bonds. The predicted octanol–water partition coefficient (Wildman–Crippen LogP) is 1.99. The van der Waals surface area contributed by atoms with E-state index < -0.39 is 9.84 Å². The van der Waals surface area contributed by atoms with Crippen molar-refractivity contribution in [2.75, 3.05) is 26.0 Å². The van der Waals surface area contributed by atoms with Gasteiger partial charge in [0.15, 0.2) is 9.84 Å². The van der Waals surface area contributed by atoms with Gasteiger partial charge in [-0.05, 0) is 38.1 Å². The van der Waals surface area contributed by atoms with Crippen LogP contribution in [0.4, 0.5) is 0 Å². The van der Waals surface area contributed by atoms with E-state index in [4.69, 9.17) is 4.74 Å². The molecule has 5 heteroatoms. The Morgan fingerprint density at radius 3 is 2.58 bits per heavy atom. The molecule has 1 fully saturated rings. The molecule has 0 aromatic heterocycles. The normalized spacial score (nSPS) is 28.5. The van der Waals surface area contributed by atoms with E-state index in [1.165, 1.54) is 0 Å². The molecule has 0 aromatic carbocycles. The van der Waals surface area contributed by atoms with Crippen molar-refractivity contribution in [3.8, 4) is 0 Å². The number of hydrogen-bond acceptors (Lipinski definition) is 4. The maximum atomic E-state index is 12.5. The van der Waals surface area contributed by atoms with Crippen LogP contribution in [0.25, 0.3) is 0 Å². The van der Waals surface area contributed by atoms with Gasteiger partial charge < -0.3 is 10.1 Å². The summed E-state index contributed by atoms with van der Waals surface area (Å²) in [6.45, 7) is 5.56. The number of methoxy groups -OCH3 is 1. The van der Waals surface area contributed by atoms with Crippen molar-refractivity contribution in [2.24, 2.45) is 5.92 Å². The lowest BCUT2D eigenvalue weighted by atomic mass is 9.84. The second-order valence-corrected chi connectivity index (χ2v) is 7.84. The third-order valence-corrected chi connectivity index (χ3v) is 6.48. The Bertz CT molecular complexity index is 343. The highest BCUT2D eigenvalue weighted by Gasteiger charge is 2.37. The topological polar surface area (TPSA) is 55.4 Å². The van der Waals surface area contributed by atoms with Crippen LogP contribution in [0.1, 0.15) is 46.0 Å². The molecule has 0 aromatic rings. The first-order chi connectivity index (χ1) is 9.05. The van der Waals surface area contributed by atoms with Crippen LogP contribution in [0.2, 0.25) is 0 Å². The molecule has 1 aliphatic carbocycles. The van der Waals surface area contributed by atoms with Crippen molar-refractivity contribution >= 4 is 9.84 Å². The first-order valence-electron chi connectivity index (χ1n) is 7.49. The molecule has 0 radical (unpaired) electrons. The molecule has 1 N–H and O–H groups in total. The lowest BCUT2D eigenvalue weighted by Gasteiger charge is -2.36. The number of rotatable bonds is 8. The number of hydrogen-bond donors (Lipinski definition) is 1. The second-order valence-electron chi connectivity index (χ2n) is 5.50. The number of sulfone groups is 1. The average Bonchev–Trinajstić information content (AvgIpc) is 2.39. The van der Waals surface area contributed by atoms with Crippen LogP contribution in [-0.4, -0.2) is 45.7 Å². The summed E-state index contributed by atoms with van der Waals surface area (Å²) in [6, 6.07) is 0.139. The van der Waals surface area contributed by atoms with E-state index in [-0.39, 0.29) is 17.0 Å². The molecule has 1 saturated carbocycles. The van der Waals surface area contributed by atoms with E-state index in [2.05, 4.69) is 12.2 Å². The average molecular weight is 291 g/mol. The Kier molecular flexibility index (Phi) is 7.32. The van der Waals surface area contributed by atoms with Gasteiger partial charge in [-0.1, -0.05) is 20.3 Å². The van der Waals surface area contributed by atoms with Crippen LogP contribution >= 0.6 is 0 Å². The first-order valence-corrected chi connectivity index (χ1v) is 9.20. The molecule has 0 aliphatic heterocycles. The molecule has 3 unspecified atom stereocenters. The fourth-order valence-electron chi connectivity index (χ4n) is 3.03. The Morgan fingerprint density at radius 2 is 2.00 bits per heavy atom. The third kappa shape index (κ3) is 5.04. The summed E-state index contributed by atoms with van der Waals surface area (Å²) in [5.41, 5.74) is 0. The lowest BCUT2D eigenvalue weighted by molar-refractivity contribution is 0.199. The zero-order chi connectivity index (χ0) is 14.3. The van der Waals surface area contributed by atoms with Gasteiger partial charge in [-0.3, -0.25) is 0 Å². The van der Waals surface area contributed by atoms with E-state index in [0.29, 0.717) is 18.9 Å². The smallest absolute Gasteiger partial charge is 0.154 e. The van der Waals surface area contributed by atoms with E-state index in [1.54, 1.807) is 7.11 Å². The van der Waals surface area contributed by atoms with Gasteiger partial charge in [0.25, 0.3) is 0 Å². The van der Waals surface area contributed by atoms with E-state index in [9.17, 15) is 8.42 Å². The van der Waals surface area contributed by atoms with Gasteiger partial charge in [0, 0.05) is 19.8 Å². The highest BCUT2D eigenvalue weighted by atomic mass is 32.2. The Hall–Kier alpha value is -0.130. The zero-order valence-electron chi connectivity index (χ0n) is 12.5. The maximum absolute atomic E-state index is 12.5. The van der Waals surface area contributed by atoms with Crippen molar-refractivity contribution in [1.29, 1.82) is 0 Å². The van der Waals surface area contributed by atoms with E-state index >= 15 is 0 Å². The molecular weight excluding hydrogens is 262 g/mol. The van der Waals surface area contributed by atoms with Gasteiger partial charge >= 0.3 is 0 Å². The quantitative estimate of drug-likeness (QED) is 0.695. The summed E-state index contributed by atoms with van der Waals surface area (Å²) in [7, 11) is -1.40. The molecule has 114 valence electrons. The van der Waals surface area contributed by atoms with Crippen molar-refractivity contribution in [3.63, 3.8) is 0 Å². The van der Waals surface area contributed by atoms with Gasteiger partial charge in [-0.25, -0.2) is 8.42 Å². The molecule has 4 nitrogen and oxygen atoms in total. The fraction of sp³-hybridized carbons (Fsp3) is 1.00. The molecule has 19 heavy (non-hydrogen) atoms. The standard InChI is InChI=1S/C14H29NO3S/c1-4-12-7-8-13(15-5-2)14(11-12)19(16,17)10-6-9-18-3/h12-15H,4-11H2,1-3H3. The highest BCUT2D eigenvalue weighted by Crippen LogP contribution is 2.31. The minimum absolute atomic E-state index is 0.139. The fourth-order valence-corrected chi connectivity index (χ4v) is 5.15. The molecule has 0 spiro atoms. The minimum atomic E-state index is -3.01. The first kappa shape index (κ1) is 16.9. The monoisotopic (exact) mass is 291 g/mol. The third-order valence-electron chi connectivity index (χ3n) is 4.18. The SMILES string of the molecule is CCNC1CCC(CC)CC1S(=O)(=O)CCCOC. The molecule has 0 heterocycles. The van der Waals surface area contributed by atoms with E-state index in [0.717, 1.165) is 32.2 Å². The molecule has 1 rings (SSSR count). The molecule has 0 saturated heterocycles. The highest BCUT2D eigenvalue weighted by molar-refractivity contribution is 7.92. The molecule has 3 atom stereocenters. The Morgan fingerprint density at radius 1 is 1.26 bits per heavy atom. The van der Waals surface area contributed by atoms with Crippen LogP contribution in [0.3, 0.4) is 0 Å². The van der Waals surface area contributed by atoms with E-state index in [1.807, 2.05) is 6.92 Å². The summed E-state index contributed by atoms with van der Waals surface area (Å²) >= 11 is 0. The number of nitrogens with one attached hydrogen (secondary N) is 1. The van der Waals surface area contributed by atoms with Crippen LogP contribution in [0, 0.1) is 5.92 Å². The molecular formula is C14H29NO3S. The Labute approximate surface area is 118 Å². The van der Waals surface area contributed by atoms with Crippen LogP contribution in [0.15, 0.2) is 0 Å². The summed E-state index contributed by atoms with van der Waals surface area (Å²) in [5, 5.41) is 3.16. The largest absolute Gasteiger partial charge is 0.385 e. The maximum Gasteiger partial charge on any atom is 0.154 e. The molecule has 1 aliphatic rings. The van der Waals surface area contributed by atoms with Crippen molar-refractivity contribution in [3.05, 3.63) is 0 Å². The van der Waals surface area contributed by atoms with Gasteiger partial charge in [0.2, 0.25) is 0 Å². The second kappa shape index (κ2) is 8.22. The summed E-state index contributed by atoms with van der Waals surface area (Å²) in [4.78, 5) is 0. The molecule has 0 bridgehead atoms. The van der Waals surface area contributed by atoms with Crippen LogP contribution in [-0.2, 0) is 14.6 Å². The zero-order valence-corrected chi connectivity index (χ0v) is 13.3. The van der Waals surface area contributed by atoms with Gasteiger partial charge in [0.1, 0.15) is 0 Å². The van der Waals surface area contributed by atoms with Crippen LogP contribution < -0.4 is 5.32 Å². The van der Waals surface area contributed by atoms with Crippen molar-refractivity contribution in [2.45, 2.75) is 57.2 Å². The summed E-state index contributed by atoms with van der Waals surface area (Å²) in [6.07, 6.45) is 4.65. The summed E-state index contributed by atoms with van der Waals surface area (Å²) < 4.78 is 30.0.